The van der Waals surface area contributed by atoms with E-state index in [-0.39, 0.29) is 0 Å². The Bertz CT molecular complexity index is 364. The normalized spacial score (nSPS) is 13.8. The van der Waals surface area contributed by atoms with Crippen LogP contribution < -0.4 is 0 Å². The molecule has 0 saturated heterocycles. The Morgan fingerprint density at radius 2 is 1.82 bits per heavy atom. The molecule has 1 rings (SSSR count). The van der Waals surface area contributed by atoms with Crippen molar-refractivity contribution >= 4 is 0 Å². The molecule has 0 aliphatic carbocycles. The molecule has 17 heavy (non-hydrogen) atoms. The fourth-order valence-corrected chi connectivity index (χ4v) is 2.24. The number of allylic oxidation sites excluding steroid dienone is 2. The van der Waals surface area contributed by atoms with Gasteiger partial charge in [0.2, 0.25) is 0 Å². The molecular weight excluding hydrogens is 206 g/mol. The molecule has 0 aliphatic heterocycles. The van der Waals surface area contributed by atoms with Crippen LogP contribution >= 0.6 is 0 Å². The highest BCUT2D eigenvalue weighted by atomic mass is 15.0. The molecule has 1 aromatic carbocycles. The maximum Gasteiger partial charge on any atom is 0.0230 e. The monoisotopic (exact) mass is 231 g/mol. The summed E-state index contributed by atoms with van der Waals surface area (Å²) in [6.07, 6.45) is 4.48. The Balaban J connectivity index is 3.09. The maximum absolute atomic E-state index is 2.32. The Labute approximate surface area is 106 Å². The fourth-order valence-electron chi connectivity index (χ4n) is 2.24. The van der Waals surface area contributed by atoms with Crippen molar-refractivity contribution in [3.8, 4) is 0 Å². The minimum atomic E-state index is 0.524. The molecule has 94 valence electrons. The predicted octanol–water partition coefficient (Wildman–Crippen LogP) is 4.06. The van der Waals surface area contributed by atoms with E-state index in [1.165, 1.54) is 11.1 Å². The van der Waals surface area contributed by atoms with Crippen LogP contribution in [0.1, 0.15) is 37.8 Å². The van der Waals surface area contributed by atoms with Crippen LogP contribution in [0.2, 0.25) is 0 Å². The Morgan fingerprint density at radius 3 is 2.35 bits per heavy atom. The summed E-state index contributed by atoms with van der Waals surface area (Å²) in [4.78, 5) is 2.23. The van der Waals surface area contributed by atoms with E-state index in [1.807, 2.05) is 0 Å². The van der Waals surface area contributed by atoms with E-state index >= 15 is 0 Å². The lowest BCUT2D eigenvalue weighted by Crippen LogP contribution is -2.14. The molecule has 0 aliphatic rings. The molecule has 1 aromatic rings. The second-order valence-corrected chi connectivity index (χ2v) is 5.23. The summed E-state index contributed by atoms with van der Waals surface area (Å²) in [6, 6.07) is 8.79. The van der Waals surface area contributed by atoms with Crippen LogP contribution in [0.3, 0.4) is 0 Å². The minimum absolute atomic E-state index is 0.524. The van der Waals surface area contributed by atoms with Crippen LogP contribution in [0.4, 0.5) is 0 Å². The van der Waals surface area contributed by atoms with Crippen molar-refractivity contribution in [1.82, 2.24) is 4.90 Å². The lowest BCUT2D eigenvalue weighted by molar-refractivity contribution is 0.398. The standard InChI is InChI=1S/C16H25N/c1-6-9-15(13(2)3)16-11-8-7-10-14(16)12-17(4)5/h6-11,13,15H,12H2,1-5H3/b9-6-. The molecule has 0 saturated carbocycles. The van der Waals surface area contributed by atoms with Gasteiger partial charge in [-0.1, -0.05) is 50.3 Å². The lowest BCUT2D eigenvalue weighted by Gasteiger charge is -2.22. The third-order valence-corrected chi connectivity index (χ3v) is 3.02. The van der Waals surface area contributed by atoms with Crippen molar-refractivity contribution < 1.29 is 0 Å². The van der Waals surface area contributed by atoms with Gasteiger partial charge in [0.05, 0.1) is 0 Å². The highest BCUT2D eigenvalue weighted by Gasteiger charge is 2.15. The van der Waals surface area contributed by atoms with Crippen LogP contribution in [-0.2, 0) is 6.54 Å². The highest BCUT2D eigenvalue weighted by molar-refractivity contribution is 5.33. The fraction of sp³-hybridized carbons (Fsp3) is 0.500. The van der Waals surface area contributed by atoms with Crippen LogP contribution in [0.5, 0.6) is 0 Å². The van der Waals surface area contributed by atoms with E-state index in [0.717, 1.165) is 6.54 Å². The van der Waals surface area contributed by atoms with Crippen molar-refractivity contribution in [1.29, 1.82) is 0 Å². The van der Waals surface area contributed by atoms with Gasteiger partial charge >= 0.3 is 0 Å². The molecular formula is C16H25N. The topological polar surface area (TPSA) is 3.24 Å². The van der Waals surface area contributed by atoms with E-state index in [1.54, 1.807) is 0 Å². The summed E-state index contributed by atoms with van der Waals surface area (Å²) in [5, 5.41) is 0. The van der Waals surface area contributed by atoms with E-state index in [2.05, 4.69) is 76.2 Å². The first-order valence-electron chi connectivity index (χ1n) is 6.41. The summed E-state index contributed by atoms with van der Waals surface area (Å²) in [6.45, 7) is 7.69. The zero-order valence-electron chi connectivity index (χ0n) is 11.8. The van der Waals surface area contributed by atoms with Crippen LogP contribution in [-0.4, -0.2) is 19.0 Å². The first-order valence-corrected chi connectivity index (χ1v) is 6.41. The minimum Gasteiger partial charge on any atom is -0.305 e. The quantitative estimate of drug-likeness (QED) is 0.691. The molecule has 0 bridgehead atoms. The second-order valence-electron chi connectivity index (χ2n) is 5.23. The van der Waals surface area contributed by atoms with Gasteiger partial charge in [-0.2, -0.15) is 0 Å². The largest absolute Gasteiger partial charge is 0.305 e. The van der Waals surface area contributed by atoms with Crippen molar-refractivity contribution in [3.05, 3.63) is 47.5 Å². The van der Waals surface area contributed by atoms with Gasteiger partial charge < -0.3 is 4.90 Å². The highest BCUT2D eigenvalue weighted by Crippen LogP contribution is 2.29. The summed E-state index contributed by atoms with van der Waals surface area (Å²) < 4.78 is 0. The van der Waals surface area contributed by atoms with Gasteiger partial charge in [-0.15, -0.1) is 0 Å². The van der Waals surface area contributed by atoms with Gasteiger partial charge in [-0.25, -0.2) is 0 Å². The molecule has 0 fully saturated rings. The van der Waals surface area contributed by atoms with Crippen molar-refractivity contribution in [3.63, 3.8) is 0 Å². The molecule has 0 spiro atoms. The summed E-state index contributed by atoms with van der Waals surface area (Å²) in [5.41, 5.74) is 2.91. The molecule has 0 heterocycles. The van der Waals surface area contributed by atoms with E-state index < -0.39 is 0 Å². The van der Waals surface area contributed by atoms with Crippen LogP contribution in [0.15, 0.2) is 36.4 Å². The first-order chi connectivity index (χ1) is 8.06. The maximum atomic E-state index is 2.32. The van der Waals surface area contributed by atoms with Crippen molar-refractivity contribution in [2.24, 2.45) is 5.92 Å². The number of hydrogen-bond acceptors (Lipinski definition) is 1. The molecule has 0 N–H and O–H groups in total. The third-order valence-electron chi connectivity index (χ3n) is 3.02. The molecule has 1 unspecified atom stereocenters. The Kier molecular flexibility index (Phi) is 5.43. The predicted molar refractivity (Wildman–Crippen MR) is 76.2 cm³/mol. The average Bonchev–Trinajstić information content (AvgIpc) is 2.26. The van der Waals surface area contributed by atoms with Crippen LogP contribution in [0.25, 0.3) is 0 Å². The van der Waals surface area contributed by atoms with E-state index in [0.29, 0.717) is 11.8 Å². The smallest absolute Gasteiger partial charge is 0.0230 e. The molecule has 1 atom stereocenters. The van der Waals surface area contributed by atoms with Gasteiger partial charge in [0.25, 0.3) is 0 Å². The van der Waals surface area contributed by atoms with Crippen LogP contribution in [0, 0.1) is 5.92 Å². The van der Waals surface area contributed by atoms with Gasteiger partial charge in [0.15, 0.2) is 0 Å². The first kappa shape index (κ1) is 14.0. The van der Waals surface area contributed by atoms with E-state index in [9.17, 15) is 0 Å². The van der Waals surface area contributed by atoms with Gasteiger partial charge in [0.1, 0.15) is 0 Å². The third kappa shape index (κ3) is 4.01. The second kappa shape index (κ2) is 6.61. The summed E-state index contributed by atoms with van der Waals surface area (Å²) in [7, 11) is 4.24. The molecule has 0 aromatic heterocycles. The number of rotatable bonds is 5. The zero-order chi connectivity index (χ0) is 12.8. The summed E-state index contributed by atoms with van der Waals surface area (Å²) >= 11 is 0. The lowest BCUT2D eigenvalue weighted by atomic mass is 9.85. The SMILES string of the molecule is C/C=C\C(c1ccccc1CN(C)C)C(C)C. The van der Waals surface area contributed by atoms with Crippen molar-refractivity contribution in [2.45, 2.75) is 33.2 Å². The average molecular weight is 231 g/mol. The molecule has 1 heteroatoms. The van der Waals surface area contributed by atoms with Crippen molar-refractivity contribution in [2.75, 3.05) is 14.1 Å². The zero-order valence-corrected chi connectivity index (χ0v) is 11.8. The number of benzene rings is 1. The van der Waals surface area contributed by atoms with E-state index in [4.69, 9.17) is 0 Å². The molecule has 1 nitrogen and oxygen atoms in total. The Morgan fingerprint density at radius 1 is 1.18 bits per heavy atom. The number of nitrogens with zero attached hydrogens (tertiary/aromatic N) is 1. The molecule has 0 amide bonds. The Hall–Kier alpha value is -1.08. The van der Waals surface area contributed by atoms with Gasteiger partial charge in [0, 0.05) is 12.5 Å². The van der Waals surface area contributed by atoms with Gasteiger partial charge in [-0.3, -0.25) is 0 Å². The molecule has 0 radical (unpaired) electrons. The van der Waals surface area contributed by atoms with Gasteiger partial charge in [-0.05, 0) is 38.1 Å². The summed E-state index contributed by atoms with van der Waals surface area (Å²) in [5.74, 6) is 1.16. The number of hydrogen-bond donors (Lipinski definition) is 0.